The number of carbonyl (C=O) groups excluding carboxylic acids is 3. The molecule has 0 spiro atoms. The summed E-state index contributed by atoms with van der Waals surface area (Å²) < 4.78 is 10.2. The monoisotopic (exact) mass is 384 g/mol. The molecule has 0 aromatic heterocycles. The van der Waals surface area contributed by atoms with Crippen molar-refractivity contribution in [1.82, 2.24) is 9.80 Å². The molecule has 0 unspecified atom stereocenters. The highest BCUT2D eigenvalue weighted by molar-refractivity contribution is 5.94. The van der Waals surface area contributed by atoms with Gasteiger partial charge in [0.15, 0.2) is 5.78 Å². The maximum Gasteiger partial charge on any atom is 0.411 e. The number of ether oxygens (including phenoxy) is 2. The molecule has 27 heavy (non-hydrogen) atoms. The van der Waals surface area contributed by atoms with Crippen molar-refractivity contribution in [3.63, 3.8) is 0 Å². The zero-order valence-electron chi connectivity index (χ0n) is 17.2. The maximum atomic E-state index is 11.5. The van der Waals surface area contributed by atoms with Gasteiger partial charge in [0, 0.05) is 0 Å². The van der Waals surface area contributed by atoms with Gasteiger partial charge in [-0.1, -0.05) is 6.08 Å². The van der Waals surface area contributed by atoms with Crippen LogP contribution in [0.2, 0.25) is 0 Å². The van der Waals surface area contributed by atoms with E-state index < -0.39 is 22.9 Å². The first-order valence-electron chi connectivity index (χ1n) is 8.95. The van der Waals surface area contributed by atoms with Crippen LogP contribution in [0.25, 0.3) is 0 Å². The minimum Gasteiger partial charge on any atom is -0.444 e. The molecule has 2 rings (SSSR count). The second-order valence-corrected chi connectivity index (χ2v) is 8.93. The van der Waals surface area contributed by atoms with Crippen molar-refractivity contribution < 1.29 is 29.0 Å². The van der Waals surface area contributed by atoms with Gasteiger partial charge in [0.05, 0.1) is 26.2 Å². The lowest BCUT2D eigenvalue weighted by Crippen LogP contribution is -2.63. The van der Waals surface area contributed by atoms with Gasteiger partial charge in [0.2, 0.25) is 0 Å². The quantitative estimate of drug-likeness (QED) is 0.734. The summed E-state index contributed by atoms with van der Waals surface area (Å²) in [6.45, 7) is 15.5. The van der Waals surface area contributed by atoms with E-state index in [-0.39, 0.29) is 25.0 Å². The van der Waals surface area contributed by atoms with E-state index in [2.05, 4.69) is 6.58 Å². The molecule has 0 atom stereocenters. The predicted octanol–water partition coefficient (Wildman–Crippen LogP) is 2.35. The molecule has 2 heterocycles. The molecule has 2 amide bonds. The van der Waals surface area contributed by atoms with Crippen molar-refractivity contribution in [1.29, 1.82) is 0 Å². The van der Waals surface area contributed by atoms with E-state index in [1.807, 2.05) is 20.8 Å². The summed E-state index contributed by atoms with van der Waals surface area (Å²) in [6.07, 6.45) is 1.40. The smallest absolute Gasteiger partial charge is 0.411 e. The van der Waals surface area contributed by atoms with Crippen molar-refractivity contribution in [3.8, 4) is 0 Å². The zero-order valence-corrected chi connectivity index (χ0v) is 17.2. The van der Waals surface area contributed by atoms with Gasteiger partial charge in [-0.2, -0.15) is 0 Å². The van der Waals surface area contributed by atoms with Gasteiger partial charge in [0.25, 0.3) is 0 Å². The fraction of sp³-hybridized carbons (Fsp3) is 0.737. The molecule has 2 saturated heterocycles. The molecule has 154 valence electrons. The Morgan fingerprint density at radius 1 is 1.04 bits per heavy atom. The molecule has 2 fully saturated rings. The van der Waals surface area contributed by atoms with Crippen molar-refractivity contribution in [2.45, 2.75) is 64.8 Å². The van der Waals surface area contributed by atoms with Gasteiger partial charge in [-0.05, 0) is 48.0 Å². The van der Waals surface area contributed by atoms with E-state index in [9.17, 15) is 19.5 Å². The summed E-state index contributed by atoms with van der Waals surface area (Å²) in [5.41, 5.74) is -1.75. The SMILES string of the molecule is C=CCC1(O)CN(C(=O)OC(C)(C)C)C1.CC(C)(C)OC(=O)N1CC(=O)C1. The number of rotatable bonds is 2. The van der Waals surface area contributed by atoms with E-state index in [1.165, 1.54) is 9.80 Å². The third kappa shape index (κ3) is 7.99. The van der Waals surface area contributed by atoms with E-state index >= 15 is 0 Å². The van der Waals surface area contributed by atoms with Crippen molar-refractivity contribution in [2.75, 3.05) is 26.2 Å². The van der Waals surface area contributed by atoms with E-state index in [1.54, 1.807) is 26.8 Å². The number of amides is 2. The fourth-order valence-corrected chi connectivity index (χ4v) is 2.35. The molecule has 0 aliphatic carbocycles. The minimum atomic E-state index is -0.793. The second kappa shape index (κ2) is 8.29. The molecule has 2 aliphatic rings. The molecule has 1 N–H and O–H groups in total. The van der Waals surface area contributed by atoms with E-state index in [4.69, 9.17) is 9.47 Å². The molecule has 0 aromatic rings. The topological polar surface area (TPSA) is 96.4 Å². The van der Waals surface area contributed by atoms with E-state index in [0.29, 0.717) is 19.5 Å². The first-order chi connectivity index (χ1) is 12.1. The highest BCUT2D eigenvalue weighted by Crippen LogP contribution is 2.26. The Hall–Kier alpha value is -2.09. The third-order valence-electron chi connectivity index (χ3n) is 3.53. The summed E-state index contributed by atoms with van der Waals surface area (Å²) in [5, 5.41) is 9.81. The number of likely N-dealkylation sites (tertiary alicyclic amines) is 2. The average molecular weight is 384 g/mol. The van der Waals surface area contributed by atoms with Gasteiger partial charge in [-0.3, -0.25) is 9.69 Å². The predicted molar refractivity (Wildman–Crippen MR) is 100 cm³/mol. The molecule has 0 aromatic carbocycles. The first kappa shape index (κ1) is 23.0. The zero-order chi connectivity index (χ0) is 21.0. The Balaban J connectivity index is 0.000000277. The Labute approximate surface area is 161 Å². The number of β-amino-alcohol motifs (C(OH)–C–C–N with tert-alkyl or cyclic N) is 1. The molecule has 8 nitrogen and oxygen atoms in total. The van der Waals surface area contributed by atoms with Crippen LogP contribution in [0.15, 0.2) is 12.7 Å². The summed E-state index contributed by atoms with van der Waals surface area (Å²) in [4.78, 5) is 36.0. The lowest BCUT2D eigenvalue weighted by molar-refractivity contribution is -0.128. The van der Waals surface area contributed by atoms with E-state index in [0.717, 1.165) is 0 Å². The Kier molecular flexibility index (Phi) is 7.05. The Morgan fingerprint density at radius 3 is 1.78 bits per heavy atom. The van der Waals surface area contributed by atoms with Gasteiger partial charge in [-0.15, -0.1) is 6.58 Å². The number of ketones is 1. The van der Waals surface area contributed by atoms with Crippen LogP contribution in [0.1, 0.15) is 48.0 Å². The summed E-state index contributed by atoms with van der Waals surface area (Å²) >= 11 is 0. The maximum absolute atomic E-state index is 11.5. The number of carbonyl (C=O) groups is 3. The molecular formula is C19H32N2O6. The normalized spacial score (nSPS) is 18.4. The minimum absolute atomic E-state index is 0.0841. The van der Waals surface area contributed by atoms with Crippen LogP contribution in [-0.2, 0) is 14.3 Å². The largest absolute Gasteiger partial charge is 0.444 e. The summed E-state index contributed by atoms with van der Waals surface area (Å²) in [5.74, 6) is 0.0841. The lowest BCUT2D eigenvalue weighted by Gasteiger charge is -2.45. The van der Waals surface area contributed by atoms with Crippen LogP contribution in [0, 0.1) is 0 Å². The fourth-order valence-electron chi connectivity index (χ4n) is 2.35. The number of hydrogen-bond donors (Lipinski definition) is 1. The molecule has 0 bridgehead atoms. The molecule has 0 radical (unpaired) electrons. The first-order valence-corrected chi connectivity index (χ1v) is 8.95. The van der Waals surface area contributed by atoms with Gasteiger partial charge >= 0.3 is 12.2 Å². The standard InChI is InChI=1S/C11H19NO3.C8H13NO3/c1-5-6-11(14)7-12(8-11)9(13)15-10(2,3)4;1-8(2,3)12-7(11)9-4-6(10)5-9/h5,14H,1,6-8H2,2-4H3;4-5H2,1-3H3. The van der Waals surface area contributed by atoms with Crippen LogP contribution in [-0.4, -0.2) is 75.9 Å². The van der Waals surface area contributed by atoms with Gasteiger partial charge in [-0.25, -0.2) is 9.59 Å². The van der Waals surface area contributed by atoms with Gasteiger partial charge < -0.3 is 19.5 Å². The van der Waals surface area contributed by atoms with Crippen molar-refractivity contribution in [2.24, 2.45) is 0 Å². The Morgan fingerprint density at radius 2 is 1.44 bits per heavy atom. The average Bonchev–Trinajstić information content (AvgIpc) is 2.38. The van der Waals surface area contributed by atoms with Crippen LogP contribution >= 0.6 is 0 Å². The molecular weight excluding hydrogens is 352 g/mol. The third-order valence-corrected chi connectivity index (χ3v) is 3.53. The van der Waals surface area contributed by atoms with Crippen LogP contribution in [0.3, 0.4) is 0 Å². The Bertz CT molecular complexity index is 574. The number of aliphatic hydroxyl groups is 1. The molecule has 8 heteroatoms. The lowest BCUT2D eigenvalue weighted by atomic mass is 9.91. The highest BCUT2D eigenvalue weighted by atomic mass is 16.6. The van der Waals surface area contributed by atoms with Crippen LogP contribution in [0.5, 0.6) is 0 Å². The molecule has 0 saturated carbocycles. The highest BCUT2D eigenvalue weighted by Gasteiger charge is 2.44. The number of nitrogens with zero attached hydrogens (tertiary/aromatic N) is 2. The summed E-state index contributed by atoms with van der Waals surface area (Å²) in [6, 6.07) is 0. The van der Waals surface area contributed by atoms with Crippen molar-refractivity contribution >= 4 is 18.0 Å². The van der Waals surface area contributed by atoms with Crippen LogP contribution < -0.4 is 0 Å². The van der Waals surface area contributed by atoms with Crippen LogP contribution in [0.4, 0.5) is 9.59 Å². The number of hydrogen-bond acceptors (Lipinski definition) is 6. The van der Waals surface area contributed by atoms with Crippen molar-refractivity contribution in [3.05, 3.63) is 12.7 Å². The number of Topliss-reactive ketones (excluding diaryl/α,β-unsaturated/α-hetero) is 1. The summed E-state index contributed by atoms with van der Waals surface area (Å²) in [7, 11) is 0. The van der Waals surface area contributed by atoms with Gasteiger partial charge in [0.1, 0.15) is 16.8 Å². The molecule has 2 aliphatic heterocycles. The second-order valence-electron chi connectivity index (χ2n) is 8.93.